The van der Waals surface area contributed by atoms with Gasteiger partial charge in [0.05, 0.1) is 0 Å². The second-order valence-corrected chi connectivity index (χ2v) is 3.24. The fraction of sp³-hybridized carbons (Fsp3) is 0.538. The molecule has 0 N–H and O–H groups in total. The van der Waals surface area contributed by atoms with Gasteiger partial charge in [-0.25, -0.2) is 0 Å². The van der Waals surface area contributed by atoms with Gasteiger partial charge in [0, 0.05) is 0 Å². The largest absolute Gasteiger partial charge is 0.0845 e. The molecule has 0 fully saturated rings. The Morgan fingerprint density at radius 1 is 1.08 bits per heavy atom. The molecule has 0 nitrogen and oxygen atoms in total. The summed E-state index contributed by atoms with van der Waals surface area (Å²) in [5, 5.41) is 0. The maximum atomic E-state index is 2.27. The second-order valence-electron chi connectivity index (χ2n) is 3.24. The molecule has 0 bridgehead atoms. The molecule has 0 saturated heterocycles. The predicted octanol–water partition coefficient (Wildman–Crippen LogP) is 4.65. The second kappa shape index (κ2) is 7.85. The molecule has 0 radical (unpaired) electrons. The lowest BCUT2D eigenvalue weighted by molar-refractivity contribution is 1.12. The minimum Gasteiger partial charge on any atom is -0.0845 e. The molecular formula is C13H22. The van der Waals surface area contributed by atoms with Gasteiger partial charge in [-0.15, -0.1) is 0 Å². The lowest BCUT2D eigenvalue weighted by atomic mass is 10.1. The summed E-state index contributed by atoms with van der Waals surface area (Å²) in [6, 6.07) is 0. The van der Waals surface area contributed by atoms with Crippen molar-refractivity contribution in [3.63, 3.8) is 0 Å². The topological polar surface area (TPSA) is 0 Å². The summed E-state index contributed by atoms with van der Waals surface area (Å²) < 4.78 is 0. The van der Waals surface area contributed by atoms with Crippen LogP contribution in [-0.4, -0.2) is 0 Å². The first-order valence-electron chi connectivity index (χ1n) is 5.28. The number of hydrogen-bond acceptors (Lipinski definition) is 0. The van der Waals surface area contributed by atoms with Gasteiger partial charge in [-0.2, -0.15) is 0 Å². The average Bonchev–Trinajstić information content (AvgIpc) is 2.12. The van der Waals surface area contributed by atoms with Crippen LogP contribution in [-0.2, 0) is 0 Å². The van der Waals surface area contributed by atoms with Crippen LogP contribution in [0.4, 0.5) is 0 Å². The molecule has 13 heavy (non-hydrogen) atoms. The normalized spacial score (nSPS) is 14.2. The highest BCUT2D eigenvalue weighted by atomic mass is 13.9. The molecule has 0 heterocycles. The van der Waals surface area contributed by atoms with Crippen LogP contribution in [0.3, 0.4) is 0 Å². The van der Waals surface area contributed by atoms with E-state index in [2.05, 4.69) is 52.0 Å². The third-order valence-electron chi connectivity index (χ3n) is 1.92. The molecule has 0 rings (SSSR count). The molecule has 0 atom stereocenters. The number of hydrogen-bond donors (Lipinski definition) is 0. The molecule has 0 aliphatic carbocycles. The van der Waals surface area contributed by atoms with Crippen LogP contribution in [0.1, 0.15) is 47.0 Å². The van der Waals surface area contributed by atoms with E-state index in [4.69, 9.17) is 0 Å². The van der Waals surface area contributed by atoms with Crippen LogP contribution in [0.5, 0.6) is 0 Å². The van der Waals surface area contributed by atoms with Crippen molar-refractivity contribution in [1.29, 1.82) is 0 Å². The van der Waals surface area contributed by atoms with Crippen molar-refractivity contribution in [2.45, 2.75) is 47.0 Å². The highest BCUT2D eigenvalue weighted by Crippen LogP contribution is 2.08. The summed E-state index contributed by atoms with van der Waals surface area (Å²) in [5.41, 5.74) is 2.80. The molecule has 74 valence electrons. The number of rotatable bonds is 5. The number of allylic oxidation sites excluding steroid dienone is 6. The molecule has 0 saturated carbocycles. The molecule has 0 aliphatic heterocycles. The van der Waals surface area contributed by atoms with Gasteiger partial charge in [0.25, 0.3) is 0 Å². The van der Waals surface area contributed by atoms with Crippen LogP contribution in [0.2, 0.25) is 0 Å². The van der Waals surface area contributed by atoms with E-state index in [9.17, 15) is 0 Å². The summed E-state index contributed by atoms with van der Waals surface area (Å²) in [7, 11) is 0. The molecule has 0 unspecified atom stereocenters. The molecular weight excluding hydrogens is 156 g/mol. The zero-order chi connectivity index (χ0) is 10.1. The predicted molar refractivity (Wildman–Crippen MR) is 61.9 cm³/mol. The summed E-state index contributed by atoms with van der Waals surface area (Å²) in [5.74, 6) is 0. The van der Waals surface area contributed by atoms with Crippen LogP contribution >= 0.6 is 0 Å². The van der Waals surface area contributed by atoms with Crippen LogP contribution in [0.15, 0.2) is 35.5 Å². The maximum Gasteiger partial charge on any atom is -0.0307 e. The van der Waals surface area contributed by atoms with Crippen LogP contribution in [0, 0.1) is 0 Å². The first-order chi connectivity index (χ1) is 6.24. The first-order valence-corrected chi connectivity index (χ1v) is 5.28. The molecule has 0 heteroatoms. The van der Waals surface area contributed by atoms with E-state index in [0.29, 0.717) is 0 Å². The smallest absolute Gasteiger partial charge is 0.0307 e. The zero-order valence-corrected chi connectivity index (χ0v) is 9.43. The van der Waals surface area contributed by atoms with E-state index in [1.54, 1.807) is 0 Å². The minimum atomic E-state index is 1.12. The van der Waals surface area contributed by atoms with Crippen molar-refractivity contribution in [3.8, 4) is 0 Å². The van der Waals surface area contributed by atoms with E-state index in [1.165, 1.54) is 11.1 Å². The highest BCUT2D eigenvalue weighted by Gasteiger charge is 1.88. The average molecular weight is 178 g/mol. The lowest BCUT2D eigenvalue weighted by Crippen LogP contribution is -1.77. The van der Waals surface area contributed by atoms with E-state index in [0.717, 1.165) is 19.3 Å². The maximum absolute atomic E-state index is 2.27. The Kier molecular flexibility index (Phi) is 7.38. The zero-order valence-electron chi connectivity index (χ0n) is 9.43. The van der Waals surface area contributed by atoms with E-state index in [1.807, 2.05) is 0 Å². The SMILES string of the molecule is CC/C=C/C(=C/C(C)=C/CC)CC. The molecule has 0 amide bonds. The van der Waals surface area contributed by atoms with Gasteiger partial charge in [-0.3, -0.25) is 0 Å². The lowest BCUT2D eigenvalue weighted by Gasteiger charge is -1.97. The van der Waals surface area contributed by atoms with Gasteiger partial charge in [-0.1, -0.05) is 50.6 Å². The minimum absolute atomic E-state index is 1.12. The van der Waals surface area contributed by atoms with Gasteiger partial charge < -0.3 is 0 Å². The van der Waals surface area contributed by atoms with Gasteiger partial charge in [0.15, 0.2) is 0 Å². The fourth-order valence-electron chi connectivity index (χ4n) is 1.21. The molecule has 0 aromatic heterocycles. The van der Waals surface area contributed by atoms with E-state index < -0.39 is 0 Å². The van der Waals surface area contributed by atoms with Crippen molar-refractivity contribution < 1.29 is 0 Å². The summed E-state index contributed by atoms with van der Waals surface area (Å²) in [6.45, 7) is 8.70. The van der Waals surface area contributed by atoms with Crippen molar-refractivity contribution in [1.82, 2.24) is 0 Å². The summed E-state index contributed by atoms with van der Waals surface area (Å²) >= 11 is 0. The van der Waals surface area contributed by atoms with E-state index in [-0.39, 0.29) is 0 Å². The Morgan fingerprint density at radius 3 is 2.23 bits per heavy atom. The van der Waals surface area contributed by atoms with Crippen molar-refractivity contribution in [3.05, 3.63) is 35.5 Å². The monoisotopic (exact) mass is 178 g/mol. The van der Waals surface area contributed by atoms with Crippen molar-refractivity contribution in [2.24, 2.45) is 0 Å². The highest BCUT2D eigenvalue weighted by molar-refractivity contribution is 5.28. The Balaban J connectivity index is 4.37. The molecule has 0 aromatic carbocycles. The van der Waals surface area contributed by atoms with Gasteiger partial charge in [-0.05, 0) is 31.8 Å². The third kappa shape index (κ3) is 6.39. The third-order valence-corrected chi connectivity index (χ3v) is 1.92. The van der Waals surface area contributed by atoms with E-state index >= 15 is 0 Å². The summed E-state index contributed by atoms with van der Waals surface area (Å²) in [6.07, 6.45) is 12.3. The van der Waals surface area contributed by atoms with Crippen LogP contribution in [0.25, 0.3) is 0 Å². The quantitative estimate of drug-likeness (QED) is 0.538. The standard InChI is InChI=1S/C13H22/c1-5-8-10-13(7-3)11-12(4)9-6-2/h8-11H,5-7H2,1-4H3/b10-8+,12-9+,13-11+. The first kappa shape index (κ1) is 12.2. The Labute approximate surface area is 83.0 Å². The molecule has 0 aromatic rings. The Hall–Kier alpha value is -0.780. The van der Waals surface area contributed by atoms with Gasteiger partial charge in [0.1, 0.15) is 0 Å². The van der Waals surface area contributed by atoms with Gasteiger partial charge in [0.2, 0.25) is 0 Å². The van der Waals surface area contributed by atoms with Crippen LogP contribution < -0.4 is 0 Å². The van der Waals surface area contributed by atoms with Gasteiger partial charge >= 0.3 is 0 Å². The summed E-state index contributed by atoms with van der Waals surface area (Å²) in [4.78, 5) is 0. The van der Waals surface area contributed by atoms with Crippen molar-refractivity contribution in [2.75, 3.05) is 0 Å². The Bertz CT molecular complexity index is 204. The van der Waals surface area contributed by atoms with Crippen molar-refractivity contribution >= 4 is 0 Å². The molecule has 0 spiro atoms. The molecule has 0 aliphatic rings. The Morgan fingerprint density at radius 2 is 1.77 bits per heavy atom. The fourth-order valence-corrected chi connectivity index (χ4v) is 1.21.